The summed E-state index contributed by atoms with van der Waals surface area (Å²) in [6, 6.07) is 7.45. The molecule has 0 aliphatic rings. The molecular formula is C17H16F3NO6. The fourth-order valence-corrected chi connectivity index (χ4v) is 2.49. The second kappa shape index (κ2) is 8.04. The molecule has 0 aliphatic carbocycles. The summed E-state index contributed by atoms with van der Waals surface area (Å²) in [7, 11) is 2.71. The normalized spacial score (nSPS) is 12.2. The fourth-order valence-electron chi connectivity index (χ4n) is 2.49. The van der Waals surface area contributed by atoms with Gasteiger partial charge in [0.05, 0.1) is 19.9 Å². The number of hydrogen-bond donors (Lipinski definition) is 3. The standard InChI is InChI=1S/C17H16F3NO6/c1-25-13-5-3-4-10(15(13)26-2)14(22)11-8-9(27-17(18,19)20)6-7-12(11)21-16(23)24/h3-8,14,21-22H,1-2H3,(H,23,24). The van der Waals surface area contributed by atoms with Crippen LogP contribution in [0, 0.1) is 0 Å². The third kappa shape index (κ3) is 4.94. The van der Waals surface area contributed by atoms with E-state index < -0.39 is 24.3 Å². The van der Waals surface area contributed by atoms with E-state index in [-0.39, 0.29) is 28.3 Å². The first-order valence-corrected chi connectivity index (χ1v) is 7.45. The molecule has 0 spiro atoms. The van der Waals surface area contributed by atoms with Gasteiger partial charge in [0.15, 0.2) is 11.5 Å². The summed E-state index contributed by atoms with van der Waals surface area (Å²) < 4.78 is 51.7. The maximum atomic E-state index is 12.5. The van der Waals surface area contributed by atoms with Crippen molar-refractivity contribution in [2.75, 3.05) is 19.5 Å². The lowest BCUT2D eigenvalue weighted by atomic mass is 9.98. The van der Waals surface area contributed by atoms with E-state index in [1.165, 1.54) is 20.3 Å². The molecule has 1 amide bonds. The summed E-state index contributed by atoms with van der Waals surface area (Å²) in [5.74, 6) is -0.185. The smallest absolute Gasteiger partial charge is 0.493 e. The molecule has 10 heteroatoms. The highest BCUT2D eigenvalue weighted by molar-refractivity contribution is 5.84. The van der Waals surface area contributed by atoms with Crippen molar-refractivity contribution in [3.8, 4) is 17.2 Å². The van der Waals surface area contributed by atoms with Crippen molar-refractivity contribution < 1.29 is 42.4 Å². The number of aliphatic hydroxyl groups is 1. The van der Waals surface area contributed by atoms with Crippen LogP contribution in [0.4, 0.5) is 23.7 Å². The van der Waals surface area contributed by atoms with Gasteiger partial charge in [0.1, 0.15) is 11.9 Å². The lowest BCUT2D eigenvalue weighted by Crippen LogP contribution is -2.18. The van der Waals surface area contributed by atoms with E-state index in [9.17, 15) is 23.1 Å². The van der Waals surface area contributed by atoms with Crippen LogP contribution in [0.5, 0.6) is 17.2 Å². The van der Waals surface area contributed by atoms with E-state index >= 15 is 0 Å². The first kappa shape index (κ1) is 20.2. The zero-order valence-corrected chi connectivity index (χ0v) is 14.2. The first-order valence-electron chi connectivity index (χ1n) is 7.45. The number of para-hydroxylation sites is 1. The van der Waals surface area contributed by atoms with E-state index in [1.54, 1.807) is 12.1 Å². The molecule has 0 bridgehead atoms. The number of anilines is 1. The molecule has 27 heavy (non-hydrogen) atoms. The molecule has 0 fully saturated rings. The van der Waals surface area contributed by atoms with Gasteiger partial charge in [-0.15, -0.1) is 13.2 Å². The van der Waals surface area contributed by atoms with Gasteiger partial charge in [0.25, 0.3) is 0 Å². The van der Waals surface area contributed by atoms with Gasteiger partial charge >= 0.3 is 12.5 Å². The summed E-state index contributed by atoms with van der Waals surface area (Å²) >= 11 is 0. The summed E-state index contributed by atoms with van der Waals surface area (Å²) in [6.45, 7) is 0. The quantitative estimate of drug-likeness (QED) is 0.698. The lowest BCUT2D eigenvalue weighted by Gasteiger charge is -2.20. The number of carbonyl (C=O) groups is 1. The van der Waals surface area contributed by atoms with E-state index in [4.69, 9.17) is 14.6 Å². The van der Waals surface area contributed by atoms with Crippen LogP contribution in [-0.4, -0.2) is 36.9 Å². The van der Waals surface area contributed by atoms with Crippen LogP contribution in [0.15, 0.2) is 36.4 Å². The van der Waals surface area contributed by atoms with Crippen molar-refractivity contribution >= 4 is 11.8 Å². The zero-order chi connectivity index (χ0) is 20.2. The third-order valence-electron chi connectivity index (χ3n) is 3.52. The zero-order valence-electron chi connectivity index (χ0n) is 14.2. The number of amides is 1. The minimum Gasteiger partial charge on any atom is -0.493 e. The van der Waals surface area contributed by atoms with Crippen molar-refractivity contribution in [1.29, 1.82) is 0 Å². The Kier molecular flexibility index (Phi) is 6.01. The number of carboxylic acid groups (broad SMARTS) is 1. The second-order valence-corrected chi connectivity index (χ2v) is 5.21. The van der Waals surface area contributed by atoms with Gasteiger partial charge in [-0.2, -0.15) is 0 Å². The third-order valence-corrected chi connectivity index (χ3v) is 3.52. The van der Waals surface area contributed by atoms with Crippen LogP contribution in [0.3, 0.4) is 0 Å². The van der Waals surface area contributed by atoms with Crippen LogP contribution in [-0.2, 0) is 0 Å². The van der Waals surface area contributed by atoms with Crippen LogP contribution < -0.4 is 19.5 Å². The van der Waals surface area contributed by atoms with Gasteiger partial charge in [-0.3, -0.25) is 5.32 Å². The van der Waals surface area contributed by atoms with Crippen LogP contribution in [0.25, 0.3) is 0 Å². The summed E-state index contributed by atoms with van der Waals surface area (Å²) in [5, 5.41) is 21.7. The van der Waals surface area contributed by atoms with Gasteiger partial charge in [0.2, 0.25) is 0 Å². The molecule has 146 valence electrons. The Labute approximate surface area is 151 Å². The fraction of sp³-hybridized carbons (Fsp3) is 0.235. The van der Waals surface area contributed by atoms with E-state index in [2.05, 4.69) is 4.74 Å². The maximum absolute atomic E-state index is 12.5. The minimum absolute atomic E-state index is 0.116. The average Bonchev–Trinajstić information content (AvgIpc) is 2.59. The Morgan fingerprint density at radius 1 is 1.11 bits per heavy atom. The molecule has 2 aromatic rings. The second-order valence-electron chi connectivity index (χ2n) is 5.21. The predicted octanol–water partition coefficient (Wildman–Crippen LogP) is 3.77. The Morgan fingerprint density at radius 3 is 2.37 bits per heavy atom. The summed E-state index contributed by atoms with van der Waals surface area (Å²) in [5.41, 5.74) is -0.116. The number of rotatable bonds is 6. The molecule has 2 aromatic carbocycles. The molecule has 0 saturated heterocycles. The molecule has 3 N–H and O–H groups in total. The molecule has 1 atom stereocenters. The maximum Gasteiger partial charge on any atom is 0.573 e. The SMILES string of the molecule is COc1cccc(C(O)c2cc(OC(F)(F)F)ccc2NC(=O)O)c1OC. The number of hydrogen-bond acceptors (Lipinski definition) is 5. The van der Waals surface area contributed by atoms with Gasteiger partial charge in [-0.1, -0.05) is 12.1 Å². The number of benzene rings is 2. The molecule has 1 unspecified atom stereocenters. The minimum atomic E-state index is -4.95. The predicted molar refractivity (Wildman–Crippen MR) is 88.4 cm³/mol. The Morgan fingerprint density at radius 2 is 1.81 bits per heavy atom. The molecule has 7 nitrogen and oxygen atoms in total. The number of aliphatic hydroxyl groups excluding tert-OH is 1. The largest absolute Gasteiger partial charge is 0.573 e. The molecule has 0 aromatic heterocycles. The number of ether oxygens (including phenoxy) is 3. The monoisotopic (exact) mass is 387 g/mol. The number of alkyl halides is 3. The topological polar surface area (TPSA) is 97.2 Å². The Bertz CT molecular complexity index is 825. The highest BCUT2D eigenvalue weighted by Gasteiger charge is 2.32. The van der Waals surface area contributed by atoms with Gasteiger partial charge in [-0.05, 0) is 24.3 Å². The average molecular weight is 387 g/mol. The van der Waals surface area contributed by atoms with E-state index in [0.717, 1.165) is 18.2 Å². The molecule has 0 aliphatic heterocycles. The first-order chi connectivity index (χ1) is 12.7. The molecule has 0 radical (unpaired) electrons. The van der Waals surface area contributed by atoms with E-state index in [1.807, 2.05) is 5.32 Å². The van der Waals surface area contributed by atoms with Crippen molar-refractivity contribution in [3.63, 3.8) is 0 Å². The van der Waals surface area contributed by atoms with Crippen molar-refractivity contribution in [2.24, 2.45) is 0 Å². The summed E-state index contributed by atoms with van der Waals surface area (Å²) in [6.07, 6.45) is -7.93. The number of methoxy groups -OCH3 is 2. The number of halogens is 3. The van der Waals surface area contributed by atoms with Crippen molar-refractivity contribution in [3.05, 3.63) is 47.5 Å². The molecule has 2 rings (SSSR count). The van der Waals surface area contributed by atoms with Gasteiger partial charge in [-0.25, -0.2) is 4.79 Å². The highest BCUT2D eigenvalue weighted by Crippen LogP contribution is 2.40. The van der Waals surface area contributed by atoms with Crippen LogP contribution in [0.2, 0.25) is 0 Å². The number of nitrogens with one attached hydrogen (secondary N) is 1. The highest BCUT2D eigenvalue weighted by atomic mass is 19.4. The Balaban J connectivity index is 2.56. The lowest BCUT2D eigenvalue weighted by molar-refractivity contribution is -0.274. The van der Waals surface area contributed by atoms with Gasteiger partial charge in [0, 0.05) is 11.1 Å². The van der Waals surface area contributed by atoms with Crippen molar-refractivity contribution in [1.82, 2.24) is 0 Å². The Hall–Kier alpha value is -3.14. The molecule has 0 heterocycles. The van der Waals surface area contributed by atoms with Crippen molar-refractivity contribution in [2.45, 2.75) is 12.5 Å². The van der Waals surface area contributed by atoms with E-state index in [0.29, 0.717) is 0 Å². The van der Waals surface area contributed by atoms with Crippen LogP contribution in [0.1, 0.15) is 17.2 Å². The van der Waals surface area contributed by atoms with Crippen LogP contribution >= 0.6 is 0 Å². The van der Waals surface area contributed by atoms with Gasteiger partial charge < -0.3 is 24.4 Å². The summed E-state index contributed by atoms with van der Waals surface area (Å²) in [4.78, 5) is 11.0. The molecule has 0 saturated carbocycles. The molecular weight excluding hydrogens is 371 g/mol.